The van der Waals surface area contributed by atoms with E-state index in [1.54, 1.807) is 6.21 Å². The number of hydrazone groups is 1. The molecule has 1 amide bonds. The van der Waals surface area contributed by atoms with Gasteiger partial charge in [-0.25, -0.2) is 10.4 Å². The summed E-state index contributed by atoms with van der Waals surface area (Å²) in [6, 6.07) is 15.0. The monoisotopic (exact) mass is 399 g/mol. The molecule has 1 N–H and O–H groups in total. The molecule has 27 heavy (non-hydrogen) atoms. The second kappa shape index (κ2) is 8.79. The third kappa shape index (κ3) is 5.15. The predicted octanol–water partition coefficient (Wildman–Crippen LogP) is 4.76. The van der Waals surface area contributed by atoms with E-state index in [1.165, 1.54) is 11.3 Å². The molecule has 0 fully saturated rings. The van der Waals surface area contributed by atoms with Gasteiger partial charge in [0.1, 0.15) is 17.2 Å². The highest BCUT2D eigenvalue weighted by Crippen LogP contribution is 2.19. The number of aryl methyl sites for hydroxylation is 2. The van der Waals surface area contributed by atoms with Gasteiger partial charge in [0, 0.05) is 10.6 Å². The van der Waals surface area contributed by atoms with Gasteiger partial charge in [0.15, 0.2) is 0 Å². The Bertz CT molecular complexity index is 968. The van der Waals surface area contributed by atoms with Crippen LogP contribution in [0.5, 0.6) is 5.75 Å². The zero-order chi connectivity index (χ0) is 19.2. The van der Waals surface area contributed by atoms with E-state index in [9.17, 15) is 4.79 Å². The van der Waals surface area contributed by atoms with E-state index >= 15 is 0 Å². The molecule has 3 rings (SSSR count). The Labute approximate surface area is 166 Å². The van der Waals surface area contributed by atoms with Crippen LogP contribution in [0.4, 0.5) is 0 Å². The third-order valence-electron chi connectivity index (χ3n) is 3.71. The zero-order valence-corrected chi connectivity index (χ0v) is 16.5. The minimum absolute atomic E-state index is 0.270. The summed E-state index contributed by atoms with van der Waals surface area (Å²) in [6.45, 7) is 4.09. The van der Waals surface area contributed by atoms with Crippen LogP contribution < -0.4 is 10.2 Å². The lowest BCUT2D eigenvalue weighted by molar-refractivity contribution is 0.0958. The van der Waals surface area contributed by atoms with Crippen LogP contribution in [0.1, 0.15) is 31.5 Å². The van der Waals surface area contributed by atoms with Gasteiger partial charge in [-0.2, -0.15) is 5.10 Å². The number of rotatable bonds is 6. The molecule has 0 saturated carbocycles. The van der Waals surface area contributed by atoms with Gasteiger partial charge in [0.25, 0.3) is 5.91 Å². The number of hydrogen-bond donors (Lipinski definition) is 1. The van der Waals surface area contributed by atoms with Crippen LogP contribution in [0.2, 0.25) is 5.02 Å². The van der Waals surface area contributed by atoms with Gasteiger partial charge in [-0.15, -0.1) is 11.3 Å². The summed E-state index contributed by atoms with van der Waals surface area (Å²) in [5.74, 6) is 0.407. The lowest BCUT2D eigenvalue weighted by Crippen LogP contribution is -2.17. The molecule has 0 saturated heterocycles. The Morgan fingerprint density at radius 2 is 1.96 bits per heavy atom. The number of carbonyl (C=O) groups excluding carboxylic acids is 1. The van der Waals surface area contributed by atoms with Crippen molar-refractivity contribution in [1.82, 2.24) is 10.4 Å². The molecule has 1 heterocycles. The fourth-order valence-corrected chi connectivity index (χ4v) is 3.35. The summed E-state index contributed by atoms with van der Waals surface area (Å²) >= 11 is 7.24. The Hall–Kier alpha value is -2.70. The molecule has 138 valence electrons. The number of carbonyl (C=O) groups is 1. The Balaban J connectivity index is 1.64. The predicted molar refractivity (Wildman–Crippen MR) is 109 cm³/mol. The van der Waals surface area contributed by atoms with E-state index in [-0.39, 0.29) is 5.91 Å². The first kappa shape index (κ1) is 19.1. The largest absolute Gasteiger partial charge is 0.488 e. The van der Waals surface area contributed by atoms with E-state index in [0.717, 1.165) is 16.1 Å². The molecular weight excluding hydrogens is 382 g/mol. The van der Waals surface area contributed by atoms with Crippen molar-refractivity contribution in [3.05, 3.63) is 80.3 Å². The van der Waals surface area contributed by atoms with Crippen molar-refractivity contribution in [3.8, 4) is 5.75 Å². The van der Waals surface area contributed by atoms with Crippen LogP contribution in [0.15, 0.2) is 53.6 Å². The molecule has 0 unspecified atom stereocenters. The molecular formula is C20H18ClN3O2S. The Kier molecular flexibility index (Phi) is 6.21. The second-order valence-electron chi connectivity index (χ2n) is 5.80. The molecule has 0 atom stereocenters. The fraction of sp³-hybridized carbons (Fsp3) is 0.150. The summed E-state index contributed by atoms with van der Waals surface area (Å²) in [5, 5.41) is 5.59. The van der Waals surface area contributed by atoms with Crippen LogP contribution >= 0.6 is 22.9 Å². The summed E-state index contributed by atoms with van der Waals surface area (Å²) in [6.07, 6.45) is 1.57. The second-order valence-corrected chi connectivity index (χ2v) is 7.44. The molecule has 0 bridgehead atoms. The number of para-hydroxylation sites is 1. The molecule has 3 aromatic rings. The number of amides is 1. The van der Waals surface area contributed by atoms with Gasteiger partial charge in [-0.1, -0.05) is 35.9 Å². The Morgan fingerprint density at radius 1 is 1.22 bits per heavy atom. The highest BCUT2D eigenvalue weighted by Gasteiger charge is 2.12. The normalized spacial score (nSPS) is 10.9. The highest BCUT2D eigenvalue weighted by molar-refractivity contribution is 7.13. The maximum absolute atomic E-state index is 12.2. The van der Waals surface area contributed by atoms with E-state index < -0.39 is 0 Å². The van der Waals surface area contributed by atoms with Crippen LogP contribution in [0.3, 0.4) is 0 Å². The van der Waals surface area contributed by atoms with E-state index in [1.807, 2.05) is 62.4 Å². The number of nitrogens with zero attached hydrogens (tertiary/aromatic N) is 2. The summed E-state index contributed by atoms with van der Waals surface area (Å²) in [4.78, 5) is 17.0. The number of halogens is 1. The van der Waals surface area contributed by atoms with Gasteiger partial charge in [0.05, 0.1) is 16.9 Å². The van der Waals surface area contributed by atoms with Crippen LogP contribution in [0, 0.1) is 13.8 Å². The minimum Gasteiger partial charge on any atom is -0.488 e. The van der Waals surface area contributed by atoms with E-state index in [4.69, 9.17) is 16.3 Å². The van der Waals surface area contributed by atoms with E-state index in [0.29, 0.717) is 28.0 Å². The summed E-state index contributed by atoms with van der Waals surface area (Å²) in [5.41, 5.74) is 5.02. The lowest BCUT2D eigenvalue weighted by Gasteiger charge is -2.09. The average molecular weight is 400 g/mol. The van der Waals surface area contributed by atoms with Crippen molar-refractivity contribution in [2.75, 3.05) is 0 Å². The third-order valence-corrected chi connectivity index (χ3v) is 5.03. The smallest absolute Gasteiger partial charge is 0.283 e. The molecule has 2 aromatic carbocycles. The van der Waals surface area contributed by atoms with Crippen LogP contribution in [0.25, 0.3) is 0 Å². The molecule has 0 aliphatic heterocycles. The van der Waals surface area contributed by atoms with Gasteiger partial charge in [-0.3, -0.25) is 4.79 Å². The maximum Gasteiger partial charge on any atom is 0.283 e. The molecule has 0 aliphatic carbocycles. The number of benzene rings is 2. The number of ether oxygens (including phenoxy) is 1. The van der Waals surface area contributed by atoms with Gasteiger partial charge in [-0.05, 0) is 43.7 Å². The number of aromatic nitrogens is 1. The maximum atomic E-state index is 12.2. The molecule has 7 heteroatoms. The quantitative estimate of drug-likeness (QED) is 0.480. The SMILES string of the molecule is Cc1nc(C)c(C(=O)N/N=C/c2ccccc2OCc2ccc(Cl)cc2)s1. The molecule has 0 radical (unpaired) electrons. The number of nitrogens with one attached hydrogen (secondary N) is 1. The first-order valence-electron chi connectivity index (χ1n) is 8.26. The number of thiazole rings is 1. The standard InChI is InChI=1S/C20H18ClN3O2S/c1-13-19(27-14(2)23-13)20(25)24-22-11-16-5-3-4-6-18(16)26-12-15-7-9-17(21)10-8-15/h3-11H,12H2,1-2H3,(H,24,25)/b22-11+. The van der Waals surface area contributed by atoms with Gasteiger partial charge in [0.2, 0.25) is 0 Å². The molecule has 1 aromatic heterocycles. The van der Waals surface area contributed by atoms with Crippen LogP contribution in [-0.2, 0) is 6.61 Å². The minimum atomic E-state index is -0.270. The summed E-state index contributed by atoms with van der Waals surface area (Å²) < 4.78 is 5.87. The topological polar surface area (TPSA) is 63.6 Å². The van der Waals surface area contributed by atoms with Crippen molar-refractivity contribution in [2.24, 2.45) is 5.10 Å². The van der Waals surface area contributed by atoms with Gasteiger partial charge >= 0.3 is 0 Å². The van der Waals surface area contributed by atoms with E-state index in [2.05, 4.69) is 15.5 Å². The molecule has 0 aliphatic rings. The van der Waals surface area contributed by atoms with Crippen molar-refractivity contribution in [2.45, 2.75) is 20.5 Å². The first-order valence-corrected chi connectivity index (χ1v) is 9.46. The number of hydrogen-bond acceptors (Lipinski definition) is 5. The van der Waals surface area contributed by atoms with Crippen molar-refractivity contribution in [3.63, 3.8) is 0 Å². The van der Waals surface area contributed by atoms with Crippen LogP contribution in [-0.4, -0.2) is 17.1 Å². The zero-order valence-electron chi connectivity index (χ0n) is 14.9. The van der Waals surface area contributed by atoms with Crippen molar-refractivity contribution >= 4 is 35.1 Å². The first-order chi connectivity index (χ1) is 13.0. The summed E-state index contributed by atoms with van der Waals surface area (Å²) in [7, 11) is 0. The molecule has 0 spiro atoms. The van der Waals surface area contributed by atoms with Crippen molar-refractivity contribution in [1.29, 1.82) is 0 Å². The lowest BCUT2D eigenvalue weighted by atomic mass is 10.2. The fourth-order valence-electron chi connectivity index (χ4n) is 2.41. The highest BCUT2D eigenvalue weighted by atomic mass is 35.5. The van der Waals surface area contributed by atoms with Crippen molar-refractivity contribution < 1.29 is 9.53 Å². The van der Waals surface area contributed by atoms with Gasteiger partial charge < -0.3 is 4.74 Å². The average Bonchev–Trinajstić information content (AvgIpc) is 3.00. The molecule has 5 nitrogen and oxygen atoms in total. The Morgan fingerprint density at radius 3 is 2.67 bits per heavy atom.